The zero-order valence-electron chi connectivity index (χ0n) is 5.21. The summed E-state index contributed by atoms with van der Waals surface area (Å²) in [6.45, 7) is 0. The Morgan fingerprint density at radius 3 is 2.73 bits per heavy atom. The molecular weight excluding hydrogens is 233 g/mol. The average molecular weight is 236 g/mol. The van der Waals surface area contributed by atoms with E-state index in [1.807, 2.05) is 0 Å². The Labute approximate surface area is 76.1 Å². The Kier molecular flexibility index (Phi) is 2.46. The van der Waals surface area contributed by atoms with Crippen LogP contribution in [0.25, 0.3) is 0 Å². The average Bonchev–Trinajstić information content (AvgIpc) is 1.94. The first kappa shape index (κ1) is 8.49. The first-order valence-corrected chi connectivity index (χ1v) is 3.83. The van der Waals surface area contributed by atoms with Crippen LogP contribution < -0.4 is 0 Å². The van der Waals surface area contributed by atoms with Crippen LogP contribution in [0.15, 0.2) is 16.7 Å². The summed E-state index contributed by atoms with van der Waals surface area (Å²) in [4.78, 5) is 14.1. The van der Waals surface area contributed by atoms with Gasteiger partial charge >= 0.3 is 5.97 Å². The third kappa shape index (κ3) is 1.91. The third-order valence-corrected chi connectivity index (χ3v) is 1.76. The van der Waals surface area contributed by atoms with E-state index in [4.69, 9.17) is 16.7 Å². The maximum atomic E-state index is 10.4. The van der Waals surface area contributed by atoms with Crippen molar-refractivity contribution in [3.8, 4) is 0 Å². The van der Waals surface area contributed by atoms with E-state index in [0.29, 0.717) is 4.60 Å². The normalized spacial score (nSPS) is 9.64. The van der Waals surface area contributed by atoms with Crippen molar-refractivity contribution in [1.82, 2.24) is 4.98 Å². The number of halogens is 2. The molecule has 0 unspecified atom stereocenters. The summed E-state index contributed by atoms with van der Waals surface area (Å²) in [7, 11) is 0. The first-order valence-electron chi connectivity index (χ1n) is 2.66. The summed E-state index contributed by atoms with van der Waals surface area (Å²) >= 11 is 8.56. The Bertz CT molecular complexity index is 303. The maximum Gasteiger partial charge on any atom is 0.356 e. The summed E-state index contributed by atoms with van der Waals surface area (Å²) in [6.07, 6.45) is 0. The molecule has 58 valence electrons. The van der Waals surface area contributed by atoms with Crippen LogP contribution in [0.2, 0.25) is 5.02 Å². The van der Waals surface area contributed by atoms with E-state index in [1.165, 1.54) is 6.07 Å². The van der Waals surface area contributed by atoms with Gasteiger partial charge in [0.2, 0.25) is 0 Å². The molecule has 1 heterocycles. The van der Waals surface area contributed by atoms with Crippen LogP contribution in [-0.2, 0) is 0 Å². The predicted octanol–water partition coefficient (Wildman–Crippen LogP) is 2.20. The number of carboxylic acid groups (broad SMARTS) is 1. The van der Waals surface area contributed by atoms with Gasteiger partial charge in [-0.15, -0.1) is 0 Å². The largest absolute Gasteiger partial charge is 0.476 e. The first-order chi connectivity index (χ1) is 5.11. The van der Waals surface area contributed by atoms with E-state index in [2.05, 4.69) is 20.9 Å². The number of pyridine rings is 1. The number of carbonyl (C=O) groups is 1. The summed E-state index contributed by atoms with van der Waals surface area (Å²) in [5, 5.41) is 8.66. The van der Waals surface area contributed by atoms with Gasteiger partial charge in [0.1, 0.15) is 4.60 Å². The fraction of sp³-hybridized carbons (Fsp3) is 0. The summed E-state index contributed by atoms with van der Waals surface area (Å²) in [5.74, 6) is -1.13. The maximum absolute atomic E-state index is 10.4. The van der Waals surface area contributed by atoms with E-state index in [0.717, 1.165) is 0 Å². The van der Waals surface area contributed by atoms with Gasteiger partial charge in [0.15, 0.2) is 5.69 Å². The third-order valence-electron chi connectivity index (χ3n) is 1.01. The van der Waals surface area contributed by atoms with Crippen molar-refractivity contribution in [1.29, 1.82) is 0 Å². The van der Waals surface area contributed by atoms with Crippen LogP contribution in [-0.4, -0.2) is 16.1 Å². The van der Waals surface area contributed by atoms with Crippen molar-refractivity contribution >= 4 is 33.5 Å². The number of hydrogen-bond acceptors (Lipinski definition) is 2. The molecule has 0 aromatic carbocycles. The molecule has 1 aromatic heterocycles. The van der Waals surface area contributed by atoms with Gasteiger partial charge in [-0.3, -0.25) is 0 Å². The second kappa shape index (κ2) is 3.19. The molecule has 1 rings (SSSR count). The number of aromatic nitrogens is 1. The summed E-state index contributed by atoms with van der Waals surface area (Å²) in [5.41, 5.74) is -0.138. The minimum Gasteiger partial charge on any atom is -0.476 e. The lowest BCUT2D eigenvalue weighted by Crippen LogP contribution is -2.00. The number of rotatable bonds is 1. The highest BCUT2D eigenvalue weighted by atomic mass is 79.9. The molecule has 0 aliphatic rings. The molecule has 0 saturated carbocycles. The highest BCUT2D eigenvalue weighted by Crippen LogP contribution is 2.16. The molecule has 1 aromatic rings. The Morgan fingerprint density at radius 1 is 1.64 bits per heavy atom. The summed E-state index contributed by atoms with van der Waals surface area (Å²) < 4.78 is 0.458. The molecule has 0 aliphatic heterocycles. The van der Waals surface area contributed by atoms with E-state index in [-0.39, 0.29) is 10.7 Å². The molecule has 3 nitrogen and oxygen atoms in total. The quantitative estimate of drug-likeness (QED) is 0.761. The molecule has 0 fully saturated rings. The van der Waals surface area contributed by atoms with Crippen molar-refractivity contribution in [2.24, 2.45) is 0 Å². The van der Waals surface area contributed by atoms with E-state index < -0.39 is 5.97 Å². The van der Waals surface area contributed by atoms with Gasteiger partial charge in [-0.25, -0.2) is 9.78 Å². The van der Waals surface area contributed by atoms with Crippen molar-refractivity contribution in [2.45, 2.75) is 0 Å². The van der Waals surface area contributed by atoms with Gasteiger partial charge in [0, 0.05) is 0 Å². The van der Waals surface area contributed by atoms with Crippen LogP contribution in [0.5, 0.6) is 0 Å². The fourth-order valence-corrected chi connectivity index (χ4v) is 1.06. The minimum absolute atomic E-state index is 0.138. The number of aromatic carboxylic acids is 1. The SMILES string of the molecule is O=C(O)c1nc(Br)ccc1Cl. The molecule has 0 spiro atoms. The smallest absolute Gasteiger partial charge is 0.356 e. The van der Waals surface area contributed by atoms with Crippen LogP contribution >= 0.6 is 27.5 Å². The van der Waals surface area contributed by atoms with Gasteiger partial charge in [0.25, 0.3) is 0 Å². The molecule has 0 atom stereocenters. The standard InChI is InChI=1S/C6H3BrClNO2/c7-4-2-1-3(8)5(9-4)6(10)11/h1-2H,(H,10,11). The van der Waals surface area contributed by atoms with Gasteiger partial charge in [-0.05, 0) is 28.1 Å². The van der Waals surface area contributed by atoms with Gasteiger partial charge < -0.3 is 5.11 Å². The number of carboxylic acids is 1. The van der Waals surface area contributed by atoms with Gasteiger partial charge in [-0.1, -0.05) is 11.6 Å². The molecule has 5 heteroatoms. The molecule has 0 bridgehead atoms. The lowest BCUT2D eigenvalue weighted by molar-refractivity contribution is 0.0690. The van der Waals surface area contributed by atoms with Crippen molar-refractivity contribution in [3.63, 3.8) is 0 Å². The van der Waals surface area contributed by atoms with E-state index in [9.17, 15) is 4.79 Å². The molecule has 1 N–H and O–H groups in total. The fourth-order valence-electron chi connectivity index (χ4n) is 0.568. The van der Waals surface area contributed by atoms with Crippen LogP contribution in [0.3, 0.4) is 0 Å². The molecule has 0 saturated heterocycles. The zero-order valence-corrected chi connectivity index (χ0v) is 7.56. The van der Waals surface area contributed by atoms with Crippen molar-refractivity contribution in [2.75, 3.05) is 0 Å². The monoisotopic (exact) mass is 235 g/mol. The van der Waals surface area contributed by atoms with Gasteiger partial charge in [-0.2, -0.15) is 0 Å². The molecular formula is C6H3BrClNO2. The zero-order chi connectivity index (χ0) is 8.43. The number of nitrogens with zero attached hydrogens (tertiary/aromatic N) is 1. The topological polar surface area (TPSA) is 50.2 Å². The molecule has 0 amide bonds. The van der Waals surface area contributed by atoms with Crippen LogP contribution in [0.1, 0.15) is 10.5 Å². The Balaban J connectivity index is 3.23. The second-order valence-corrected chi connectivity index (χ2v) is 2.99. The van der Waals surface area contributed by atoms with Crippen molar-refractivity contribution < 1.29 is 9.90 Å². The van der Waals surface area contributed by atoms with Crippen molar-refractivity contribution in [3.05, 3.63) is 27.5 Å². The van der Waals surface area contributed by atoms with E-state index in [1.54, 1.807) is 6.07 Å². The Hall–Kier alpha value is -0.610. The van der Waals surface area contributed by atoms with Crippen LogP contribution in [0.4, 0.5) is 0 Å². The minimum atomic E-state index is -1.13. The molecule has 0 radical (unpaired) electrons. The Morgan fingerprint density at radius 2 is 2.27 bits per heavy atom. The highest BCUT2D eigenvalue weighted by molar-refractivity contribution is 9.10. The lowest BCUT2D eigenvalue weighted by Gasteiger charge is -1.96. The predicted molar refractivity (Wildman–Crippen MR) is 43.9 cm³/mol. The molecule has 11 heavy (non-hydrogen) atoms. The van der Waals surface area contributed by atoms with Gasteiger partial charge in [0.05, 0.1) is 5.02 Å². The second-order valence-electron chi connectivity index (χ2n) is 1.77. The lowest BCUT2D eigenvalue weighted by atomic mass is 10.3. The van der Waals surface area contributed by atoms with Crippen LogP contribution in [0, 0.1) is 0 Å². The molecule has 0 aliphatic carbocycles. The van der Waals surface area contributed by atoms with E-state index >= 15 is 0 Å². The highest BCUT2D eigenvalue weighted by Gasteiger charge is 2.09. The number of hydrogen-bond donors (Lipinski definition) is 1. The summed E-state index contributed by atoms with van der Waals surface area (Å²) in [6, 6.07) is 3.05.